The molecule has 1 atom stereocenters. The van der Waals surface area contributed by atoms with Crippen molar-refractivity contribution in [1.82, 2.24) is 14.8 Å². The van der Waals surface area contributed by atoms with Gasteiger partial charge in [0, 0.05) is 17.8 Å². The molecule has 0 saturated heterocycles. The quantitative estimate of drug-likeness (QED) is 0.527. The van der Waals surface area contributed by atoms with Crippen molar-refractivity contribution in [3.63, 3.8) is 0 Å². The van der Waals surface area contributed by atoms with Crippen LogP contribution in [0, 0.1) is 10.1 Å². The van der Waals surface area contributed by atoms with Crippen LogP contribution in [-0.2, 0) is 4.79 Å². The average molecular weight is 382 g/mol. The minimum absolute atomic E-state index is 0.0762. The number of non-ortho nitro benzene ring substituents is 1. The van der Waals surface area contributed by atoms with Gasteiger partial charge < -0.3 is 11.1 Å². The van der Waals surface area contributed by atoms with Gasteiger partial charge in [-0.3, -0.25) is 14.9 Å². The number of nitrogens with two attached hydrogens (primary N) is 1. The number of primary amides is 1. The van der Waals surface area contributed by atoms with Crippen LogP contribution in [0.15, 0.2) is 53.0 Å². The van der Waals surface area contributed by atoms with E-state index in [0.717, 1.165) is 4.88 Å². The first-order valence-electron chi connectivity index (χ1n) is 7.98. The second-order valence-corrected chi connectivity index (χ2v) is 6.91. The Labute approximate surface area is 157 Å². The number of rotatable bonds is 4. The maximum Gasteiger partial charge on any atom is 0.269 e. The third-order valence-electron chi connectivity index (χ3n) is 4.26. The number of carbonyl (C=O) groups excluding carboxylic acids is 1. The summed E-state index contributed by atoms with van der Waals surface area (Å²) >= 11 is 1.49. The monoisotopic (exact) mass is 382 g/mol. The van der Waals surface area contributed by atoms with Crippen LogP contribution in [0.5, 0.6) is 0 Å². The average Bonchev–Trinajstić information content (AvgIpc) is 3.29. The number of allylic oxidation sites excluding steroid dienone is 1. The molecular formula is C17H14N6O3S. The van der Waals surface area contributed by atoms with Crippen LogP contribution >= 0.6 is 11.3 Å². The highest BCUT2D eigenvalue weighted by Crippen LogP contribution is 2.37. The molecule has 1 amide bonds. The Morgan fingerprint density at radius 1 is 1.37 bits per heavy atom. The Morgan fingerprint density at radius 2 is 2.19 bits per heavy atom. The van der Waals surface area contributed by atoms with Gasteiger partial charge in [-0.1, -0.05) is 18.2 Å². The topological polar surface area (TPSA) is 129 Å². The summed E-state index contributed by atoms with van der Waals surface area (Å²) in [5.74, 6) is 0.314. The van der Waals surface area contributed by atoms with E-state index in [1.54, 1.807) is 23.7 Å². The molecule has 0 fully saturated rings. The van der Waals surface area contributed by atoms with Gasteiger partial charge in [-0.05, 0) is 23.9 Å². The van der Waals surface area contributed by atoms with Crippen LogP contribution in [-0.4, -0.2) is 25.6 Å². The van der Waals surface area contributed by atoms with E-state index in [9.17, 15) is 14.9 Å². The first-order valence-corrected chi connectivity index (χ1v) is 8.86. The number of carbonyl (C=O) groups is 1. The molecule has 1 aliphatic rings. The molecule has 0 saturated carbocycles. The molecule has 0 aliphatic carbocycles. The molecule has 1 aromatic carbocycles. The van der Waals surface area contributed by atoms with Gasteiger partial charge in [0.15, 0.2) is 5.82 Å². The number of anilines is 1. The van der Waals surface area contributed by atoms with E-state index in [0.29, 0.717) is 23.0 Å². The molecule has 3 aromatic rings. The molecule has 3 heterocycles. The number of thiophene rings is 1. The fraction of sp³-hybridized carbons (Fsp3) is 0.118. The molecule has 3 N–H and O–H groups in total. The van der Waals surface area contributed by atoms with E-state index < -0.39 is 16.9 Å². The van der Waals surface area contributed by atoms with E-state index in [4.69, 9.17) is 5.73 Å². The zero-order valence-electron chi connectivity index (χ0n) is 14.1. The van der Waals surface area contributed by atoms with Crippen molar-refractivity contribution in [2.45, 2.75) is 13.0 Å². The number of amides is 1. The lowest BCUT2D eigenvalue weighted by Crippen LogP contribution is -2.31. The molecule has 27 heavy (non-hydrogen) atoms. The highest BCUT2D eigenvalue weighted by molar-refractivity contribution is 7.13. The van der Waals surface area contributed by atoms with Crippen molar-refractivity contribution in [3.05, 3.63) is 68.7 Å². The second kappa shape index (κ2) is 6.32. The summed E-state index contributed by atoms with van der Waals surface area (Å²) in [6.45, 7) is 1.72. The number of nitro groups is 1. The van der Waals surface area contributed by atoms with Crippen LogP contribution in [0.1, 0.15) is 18.5 Å². The van der Waals surface area contributed by atoms with Crippen molar-refractivity contribution in [1.29, 1.82) is 0 Å². The molecule has 2 aromatic heterocycles. The minimum Gasteiger partial charge on any atom is -0.366 e. The molecule has 0 spiro atoms. The van der Waals surface area contributed by atoms with E-state index in [1.807, 2.05) is 17.5 Å². The Bertz CT molecular complexity index is 1090. The normalized spacial score (nSPS) is 16.0. The summed E-state index contributed by atoms with van der Waals surface area (Å²) in [4.78, 5) is 28.2. The van der Waals surface area contributed by atoms with E-state index in [2.05, 4.69) is 15.4 Å². The zero-order valence-corrected chi connectivity index (χ0v) is 14.9. The molecule has 136 valence electrons. The lowest BCUT2D eigenvalue weighted by atomic mass is 9.95. The number of fused-ring (bicyclic) bond motifs is 1. The molecule has 1 unspecified atom stereocenters. The fourth-order valence-electron chi connectivity index (χ4n) is 3.10. The Morgan fingerprint density at radius 3 is 2.85 bits per heavy atom. The van der Waals surface area contributed by atoms with Crippen LogP contribution in [0.3, 0.4) is 0 Å². The van der Waals surface area contributed by atoms with E-state index in [1.165, 1.54) is 23.5 Å². The van der Waals surface area contributed by atoms with Gasteiger partial charge >= 0.3 is 0 Å². The largest absolute Gasteiger partial charge is 0.366 e. The molecular weight excluding hydrogens is 368 g/mol. The Kier molecular flexibility index (Phi) is 3.96. The molecule has 4 rings (SSSR count). The fourth-order valence-corrected chi connectivity index (χ4v) is 3.75. The predicted octanol–water partition coefficient (Wildman–Crippen LogP) is 2.69. The van der Waals surface area contributed by atoms with Crippen molar-refractivity contribution < 1.29 is 9.72 Å². The number of nitrogens with zero attached hydrogens (tertiary/aromatic N) is 4. The third-order valence-corrected chi connectivity index (χ3v) is 5.12. The minimum atomic E-state index is -0.708. The van der Waals surface area contributed by atoms with Crippen LogP contribution in [0.2, 0.25) is 0 Å². The summed E-state index contributed by atoms with van der Waals surface area (Å²) in [6, 6.07) is 9.16. The molecule has 9 nitrogen and oxygen atoms in total. The number of hydrogen-bond acceptors (Lipinski definition) is 7. The second-order valence-electron chi connectivity index (χ2n) is 5.96. The van der Waals surface area contributed by atoms with Gasteiger partial charge in [0.05, 0.1) is 15.4 Å². The van der Waals surface area contributed by atoms with E-state index in [-0.39, 0.29) is 11.3 Å². The molecule has 10 heteroatoms. The maximum atomic E-state index is 12.1. The first-order chi connectivity index (χ1) is 13.0. The summed E-state index contributed by atoms with van der Waals surface area (Å²) in [7, 11) is 0. The zero-order chi connectivity index (χ0) is 19.1. The molecule has 0 bridgehead atoms. The van der Waals surface area contributed by atoms with Crippen molar-refractivity contribution in [2.75, 3.05) is 5.32 Å². The van der Waals surface area contributed by atoms with Gasteiger partial charge in [-0.25, -0.2) is 4.68 Å². The molecule has 1 aliphatic heterocycles. The summed E-state index contributed by atoms with van der Waals surface area (Å²) < 4.78 is 1.54. The highest BCUT2D eigenvalue weighted by Gasteiger charge is 2.34. The number of hydrogen-bond donors (Lipinski definition) is 2. The first kappa shape index (κ1) is 16.9. The van der Waals surface area contributed by atoms with Crippen LogP contribution in [0.25, 0.3) is 10.7 Å². The van der Waals surface area contributed by atoms with Crippen LogP contribution < -0.4 is 11.1 Å². The SMILES string of the molecule is CC1=C(C(N)=O)C(c2cccc([N+](=O)[O-])c2)n2nc(-c3cccs3)nc2N1. The summed E-state index contributed by atoms with van der Waals surface area (Å²) in [6.07, 6.45) is 0. The standard InChI is InChI=1S/C17H14N6O3S/c1-9-13(15(18)24)14(10-4-2-5-11(8-10)23(25)26)22-17(19-9)20-16(21-22)12-6-3-7-27-12/h2-8,14H,1H3,(H2,18,24)(H,19,20,21). The summed E-state index contributed by atoms with van der Waals surface area (Å²) in [5, 5.41) is 20.7. The summed E-state index contributed by atoms with van der Waals surface area (Å²) in [5.41, 5.74) is 6.89. The number of nitro benzene ring substituents is 1. The number of nitrogens with one attached hydrogen (secondary N) is 1. The number of aromatic nitrogens is 3. The van der Waals surface area contributed by atoms with Gasteiger partial charge in [-0.2, -0.15) is 4.98 Å². The van der Waals surface area contributed by atoms with Crippen LogP contribution in [0.4, 0.5) is 11.6 Å². The van der Waals surface area contributed by atoms with Gasteiger partial charge in [0.25, 0.3) is 5.69 Å². The third kappa shape index (κ3) is 2.85. The van der Waals surface area contributed by atoms with Gasteiger partial charge in [-0.15, -0.1) is 16.4 Å². The predicted molar refractivity (Wildman–Crippen MR) is 100 cm³/mol. The Hall–Kier alpha value is -3.53. The van der Waals surface area contributed by atoms with E-state index >= 15 is 0 Å². The smallest absolute Gasteiger partial charge is 0.269 e. The highest BCUT2D eigenvalue weighted by atomic mass is 32.1. The van der Waals surface area contributed by atoms with Crippen molar-refractivity contribution in [2.24, 2.45) is 5.73 Å². The van der Waals surface area contributed by atoms with Gasteiger partial charge in [0.1, 0.15) is 6.04 Å². The van der Waals surface area contributed by atoms with Crippen molar-refractivity contribution in [3.8, 4) is 10.7 Å². The lowest BCUT2D eigenvalue weighted by Gasteiger charge is -2.27. The molecule has 0 radical (unpaired) electrons. The number of benzene rings is 1. The van der Waals surface area contributed by atoms with Gasteiger partial charge in [0.2, 0.25) is 11.9 Å². The Balaban J connectivity index is 1.91. The van der Waals surface area contributed by atoms with Crippen molar-refractivity contribution >= 4 is 28.9 Å². The lowest BCUT2D eigenvalue weighted by molar-refractivity contribution is -0.384. The maximum absolute atomic E-state index is 12.1.